The van der Waals surface area contributed by atoms with Gasteiger partial charge in [-0.1, -0.05) is 18.2 Å². The maximum Gasteiger partial charge on any atom is 0.331 e. The lowest BCUT2D eigenvalue weighted by Gasteiger charge is -1.88. The fourth-order valence-electron chi connectivity index (χ4n) is 0.516. The molecule has 0 radical (unpaired) electrons. The molecule has 0 bridgehead atoms. The molecule has 0 aromatic heterocycles. The van der Waals surface area contributed by atoms with E-state index >= 15 is 0 Å². The van der Waals surface area contributed by atoms with Gasteiger partial charge < -0.3 is 9.84 Å². The first kappa shape index (κ1) is 12.2. The molecule has 0 aliphatic heterocycles. The largest absolute Gasteiger partial charge is 0.478 e. The van der Waals surface area contributed by atoms with Crippen molar-refractivity contribution in [3.05, 3.63) is 36.1 Å². The van der Waals surface area contributed by atoms with Crippen molar-refractivity contribution in [2.75, 3.05) is 0 Å². The van der Waals surface area contributed by atoms with E-state index in [1.807, 2.05) is 0 Å². The Morgan fingerprint density at radius 1 is 1.14 bits per heavy atom. The molecule has 0 unspecified atom stereocenters. The smallest absolute Gasteiger partial charge is 0.331 e. The minimum Gasteiger partial charge on any atom is -0.478 e. The van der Waals surface area contributed by atoms with Crippen molar-refractivity contribution >= 4 is 11.9 Å². The maximum atomic E-state index is 10.3. The number of allylic oxidation sites excluding steroid dienone is 4. The van der Waals surface area contributed by atoms with Crippen LogP contribution >= 0.6 is 0 Å². The van der Waals surface area contributed by atoms with Gasteiger partial charge in [-0.05, 0) is 13.0 Å². The topological polar surface area (TPSA) is 63.6 Å². The molecule has 0 aromatic carbocycles. The summed E-state index contributed by atoms with van der Waals surface area (Å²) in [7, 11) is 0. The monoisotopic (exact) mass is 196 g/mol. The lowest BCUT2D eigenvalue weighted by molar-refractivity contribution is -0.135. The number of aliphatic carboxylic acids is 1. The molecule has 0 heterocycles. The number of ether oxygens (including phenoxy) is 1. The first-order valence-electron chi connectivity index (χ1n) is 3.94. The number of rotatable bonds is 4. The third-order valence-corrected chi connectivity index (χ3v) is 1.22. The summed E-state index contributed by atoms with van der Waals surface area (Å²) in [6, 6.07) is 0. The molecule has 0 fully saturated rings. The Hall–Kier alpha value is -1.84. The van der Waals surface area contributed by atoms with Crippen LogP contribution in [-0.2, 0) is 14.3 Å². The molecule has 0 aliphatic rings. The quantitative estimate of drug-likeness (QED) is 0.321. The SMILES string of the molecule is CC(=O)OC=CC=CC=C(C)C(=O)O. The van der Waals surface area contributed by atoms with E-state index < -0.39 is 11.9 Å². The fourth-order valence-corrected chi connectivity index (χ4v) is 0.516. The molecule has 0 amide bonds. The molecule has 0 atom stereocenters. The van der Waals surface area contributed by atoms with Gasteiger partial charge in [0.1, 0.15) is 0 Å². The summed E-state index contributed by atoms with van der Waals surface area (Å²) in [6.45, 7) is 2.78. The highest BCUT2D eigenvalue weighted by Crippen LogP contribution is 1.92. The van der Waals surface area contributed by atoms with E-state index in [-0.39, 0.29) is 5.57 Å². The van der Waals surface area contributed by atoms with Crippen LogP contribution < -0.4 is 0 Å². The zero-order chi connectivity index (χ0) is 11.0. The van der Waals surface area contributed by atoms with E-state index in [1.165, 1.54) is 32.3 Å². The van der Waals surface area contributed by atoms with Crippen molar-refractivity contribution in [3.63, 3.8) is 0 Å². The molecule has 0 rings (SSSR count). The lowest BCUT2D eigenvalue weighted by atomic mass is 10.3. The molecule has 1 N–H and O–H groups in total. The zero-order valence-electron chi connectivity index (χ0n) is 8.06. The third-order valence-electron chi connectivity index (χ3n) is 1.22. The highest BCUT2D eigenvalue weighted by atomic mass is 16.5. The van der Waals surface area contributed by atoms with Crippen LogP contribution in [0.25, 0.3) is 0 Å². The summed E-state index contributed by atoms with van der Waals surface area (Å²) < 4.78 is 4.49. The van der Waals surface area contributed by atoms with Gasteiger partial charge in [0.15, 0.2) is 0 Å². The van der Waals surface area contributed by atoms with E-state index in [4.69, 9.17) is 5.11 Å². The van der Waals surface area contributed by atoms with Crippen molar-refractivity contribution in [2.24, 2.45) is 0 Å². The Morgan fingerprint density at radius 3 is 2.29 bits per heavy atom. The minimum atomic E-state index is -0.960. The molecule has 0 saturated heterocycles. The van der Waals surface area contributed by atoms with Gasteiger partial charge in [0.2, 0.25) is 0 Å². The number of carbonyl (C=O) groups excluding carboxylic acids is 1. The highest BCUT2D eigenvalue weighted by molar-refractivity contribution is 5.86. The summed E-state index contributed by atoms with van der Waals surface area (Å²) in [5, 5.41) is 8.47. The van der Waals surface area contributed by atoms with Gasteiger partial charge in [0, 0.05) is 12.5 Å². The van der Waals surface area contributed by atoms with E-state index in [1.54, 1.807) is 12.2 Å². The van der Waals surface area contributed by atoms with E-state index in [2.05, 4.69) is 4.74 Å². The normalized spacial score (nSPS) is 12.3. The molecule has 14 heavy (non-hydrogen) atoms. The average Bonchev–Trinajstić information content (AvgIpc) is 2.09. The Morgan fingerprint density at radius 2 is 1.79 bits per heavy atom. The summed E-state index contributed by atoms with van der Waals surface area (Å²) in [6.07, 6.45) is 7.27. The van der Waals surface area contributed by atoms with Crippen LogP contribution in [0.5, 0.6) is 0 Å². The molecule has 76 valence electrons. The number of esters is 1. The second-order valence-electron chi connectivity index (χ2n) is 2.48. The standard InChI is InChI=1S/C10H12O4/c1-8(10(12)13)6-4-3-5-7-14-9(2)11/h3-7H,1-2H3,(H,12,13). The molecule has 0 spiro atoms. The highest BCUT2D eigenvalue weighted by Gasteiger charge is 1.94. The van der Waals surface area contributed by atoms with Crippen molar-refractivity contribution in [2.45, 2.75) is 13.8 Å². The van der Waals surface area contributed by atoms with Crippen molar-refractivity contribution in [1.82, 2.24) is 0 Å². The molecule has 0 aromatic rings. The molecule has 4 nitrogen and oxygen atoms in total. The number of carbonyl (C=O) groups is 2. The second kappa shape index (κ2) is 6.65. The van der Waals surface area contributed by atoms with Crippen molar-refractivity contribution in [1.29, 1.82) is 0 Å². The van der Waals surface area contributed by atoms with Crippen LogP contribution in [-0.4, -0.2) is 17.0 Å². The lowest BCUT2D eigenvalue weighted by Crippen LogP contribution is -1.94. The van der Waals surface area contributed by atoms with Crippen molar-refractivity contribution in [3.8, 4) is 0 Å². The predicted octanol–water partition coefficient (Wildman–Crippen LogP) is 1.65. The Balaban J connectivity index is 3.96. The van der Waals surface area contributed by atoms with Crippen molar-refractivity contribution < 1.29 is 19.4 Å². The van der Waals surface area contributed by atoms with Gasteiger partial charge in [-0.2, -0.15) is 0 Å². The third kappa shape index (κ3) is 6.84. The van der Waals surface area contributed by atoms with Gasteiger partial charge >= 0.3 is 11.9 Å². The van der Waals surface area contributed by atoms with E-state index in [0.717, 1.165) is 0 Å². The van der Waals surface area contributed by atoms with Gasteiger partial charge in [-0.15, -0.1) is 0 Å². The summed E-state index contributed by atoms with van der Waals surface area (Å²) >= 11 is 0. The number of carboxylic acids is 1. The summed E-state index contributed by atoms with van der Waals surface area (Å²) in [4.78, 5) is 20.6. The van der Waals surface area contributed by atoms with Crippen LogP contribution in [0, 0.1) is 0 Å². The predicted molar refractivity (Wildman–Crippen MR) is 51.4 cm³/mol. The number of carboxylic acid groups (broad SMARTS) is 1. The van der Waals surface area contributed by atoms with Gasteiger partial charge in [-0.3, -0.25) is 4.79 Å². The summed E-state index contributed by atoms with van der Waals surface area (Å²) in [5.41, 5.74) is 0.238. The Labute approximate surface area is 82.2 Å². The van der Waals surface area contributed by atoms with Gasteiger partial charge in [0.05, 0.1) is 6.26 Å². The van der Waals surface area contributed by atoms with Gasteiger partial charge in [0.25, 0.3) is 0 Å². The van der Waals surface area contributed by atoms with Crippen LogP contribution in [0.1, 0.15) is 13.8 Å². The minimum absolute atomic E-state index is 0.238. The fraction of sp³-hybridized carbons (Fsp3) is 0.200. The molecule has 0 saturated carbocycles. The second-order valence-corrected chi connectivity index (χ2v) is 2.48. The van der Waals surface area contributed by atoms with E-state index in [0.29, 0.717) is 0 Å². The molecular weight excluding hydrogens is 184 g/mol. The zero-order valence-corrected chi connectivity index (χ0v) is 8.06. The summed E-state index contributed by atoms with van der Waals surface area (Å²) in [5.74, 6) is -1.36. The first-order chi connectivity index (χ1) is 6.54. The van der Waals surface area contributed by atoms with Crippen LogP contribution in [0.2, 0.25) is 0 Å². The van der Waals surface area contributed by atoms with Crippen LogP contribution in [0.4, 0.5) is 0 Å². The van der Waals surface area contributed by atoms with Crippen LogP contribution in [0.15, 0.2) is 36.1 Å². The number of hydrogen-bond acceptors (Lipinski definition) is 3. The molecule has 4 heteroatoms. The van der Waals surface area contributed by atoms with Crippen LogP contribution in [0.3, 0.4) is 0 Å². The molecule has 0 aliphatic carbocycles. The maximum absolute atomic E-state index is 10.3. The molecular formula is C10H12O4. The van der Waals surface area contributed by atoms with E-state index in [9.17, 15) is 9.59 Å². The Kier molecular flexibility index (Phi) is 5.78. The number of hydrogen-bond donors (Lipinski definition) is 1. The van der Waals surface area contributed by atoms with Gasteiger partial charge in [-0.25, -0.2) is 4.79 Å². The average molecular weight is 196 g/mol. The first-order valence-corrected chi connectivity index (χ1v) is 3.94. The Bertz CT molecular complexity index is 297.